The fourth-order valence-corrected chi connectivity index (χ4v) is 3.33. The number of nitrogens with one attached hydrogen (secondary N) is 1. The van der Waals surface area contributed by atoms with E-state index in [2.05, 4.69) is 54.2 Å². The van der Waals surface area contributed by atoms with Crippen molar-refractivity contribution in [3.05, 3.63) is 33.3 Å². The van der Waals surface area contributed by atoms with Crippen LogP contribution in [0.4, 0.5) is 0 Å². The van der Waals surface area contributed by atoms with Gasteiger partial charge in [-0.3, -0.25) is 0 Å². The molecule has 0 bridgehead atoms. The molecule has 1 nitrogen and oxygen atoms in total. The molecule has 1 N–H and O–H groups in total. The average molecular weight is 347 g/mol. The van der Waals surface area contributed by atoms with Crippen molar-refractivity contribution in [3.63, 3.8) is 0 Å². The maximum absolute atomic E-state index is 6.17. The smallest absolute Gasteiger partial charge is 0.0420 e. The molecule has 1 rings (SSSR count). The highest BCUT2D eigenvalue weighted by Crippen LogP contribution is 2.28. The van der Waals surface area contributed by atoms with Crippen LogP contribution in [0.1, 0.15) is 58.1 Å². The van der Waals surface area contributed by atoms with E-state index in [1.54, 1.807) is 0 Å². The van der Waals surface area contributed by atoms with Crippen LogP contribution in [0.2, 0.25) is 5.02 Å². The zero-order valence-electron chi connectivity index (χ0n) is 12.2. The molecule has 0 amide bonds. The predicted molar refractivity (Wildman–Crippen MR) is 88.9 cm³/mol. The van der Waals surface area contributed by atoms with Crippen molar-refractivity contribution in [3.8, 4) is 0 Å². The van der Waals surface area contributed by atoms with Gasteiger partial charge in [-0.15, -0.1) is 0 Å². The first-order chi connectivity index (χ1) is 9.06. The van der Waals surface area contributed by atoms with E-state index in [1.807, 2.05) is 6.07 Å². The first-order valence-electron chi connectivity index (χ1n) is 7.26. The molecule has 3 heteroatoms. The summed E-state index contributed by atoms with van der Waals surface area (Å²) in [5.74, 6) is 0.733. The summed E-state index contributed by atoms with van der Waals surface area (Å²) in [6.07, 6.45) is 4.86. The SMILES string of the molecule is CCCNC(CC(C)CCC)c1cc(Cl)cc(Br)c1. The van der Waals surface area contributed by atoms with Crippen LogP contribution in [0.3, 0.4) is 0 Å². The van der Waals surface area contributed by atoms with Gasteiger partial charge in [-0.2, -0.15) is 0 Å². The number of hydrogen-bond acceptors (Lipinski definition) is 1. The van der Waals surface area contributed by atoms with Gasteiger partial charge in [-0.05, 0) is 49.1 Å². The second-order valence-corrected chi connectivity index (χ2v) is 6.69. The standard InChI is InChI=1S/C16H25BrClN/c1-4-6-12(3)8-16(19-7-5-2)13-9-14(17)11-15(18)10-13/h9-12,16,19H,4-8H2,1-3H3. The van der Waals surface area contributed by atoms with Crippen molar-refractivity contribution in [2.75, 3.05) is 6.54 Å². The van der Waals surface area contributed by atoms with E-state index >= 15 is 0 Å². The number of benzene rings is 1. The Morgan fingerprint density at radius 2 is 1.95 bits per heavy atom. The maximum Gasteiger partial charge on any atom is 0.0420 e. The molecule has 2 unspecified atom stereocenters. The molecule has 0 heterocycles. The molecule has 1 aromatic carbocycles. The average Bonchev–Trinajstić information content (AvgIpc) is 2.33. The van der Waals surface area contributed by atoms with Crippen molar-refractivity contribution < 1.29 is 0 Å². The van der Waals surface area contributed by atoms with Crippen LogP contribution in [-0.2, 0) is 0 Å². The Hall–Kier alpha value is -0.0500. The highest BCUT2D eigenvalue weighted by Gasteiger charge is 2.15. The summed E-state index contributed by atoms with van der Waals surface area (Å²) in [6.45, 7) is 7.84. The third-order valence-corrected chi connectivity index (χ3v) is 4.02. The lowest BCUT2D eigenvalue weighted by Gasteiger charge is -2.23. The quantitative estimate of drug-likeness (QED) is 0.611. The first-order valence-corrected chi connectivity index (χ1v) is 8.43. The summed E-state index contributed by atoms with van der Waals surface area (Å²) < 4.78 is 1.06. The van der Waals surface area contributed by atoms with Crippen LogP contribution in [0.5, 0.6) is 0 Å². The minimum Gasteiger partial charge on any atom is -0.310 e. The molecule has 2 atom stereocenters. The van der Waals surface area contributed by atoms with Gasteiger partial charge in [-0.25, -0.2) is 0 Å². The molecule has 0 saturated heterocycles. The largest absolute Gasteiger partial charge is 0.310 e. The van der Waals surface area contributed by atoms with Crippen molar-refractivity contribution in [1.29, 1.82) is 0 Å². The molecule has 0 aliphatic carbocycles. The second kappa shape index (κ2) is 8.99. The van der Waals surface area contributed by atoms with Gasteiger partial charge in [0.1, 0.15) is 0 Å². The molecule has 0 aromatic heterocycles. The Bertz CT molecular complexity index is 361. The second-order valence-electron chi connectivity index (χ2n) is 5.34. The van der Waals surface area contributed by atoms with Crippen LogP contribution >= 0.6 is 27.5 Å². The molecule has 0 aliphatic heterocycles. The van der Waals surface area contributed by atoms with Gasteiger partial charge >= 0.3 is 0 Å². The molecule has 0 spiro atoms. The van der Waals surface area contributed by atoms with Crippen molar-refractivity contribution >= 4 is 27.5 Å². The molecule has 108 valence electrons. The van der Waals surface area contributed by atoms with Gasteiger partial charge in [0.05, 0.1) is 0 Å². The van der Waals surface area contributed by atoms with E-state index in [9.17, 15) is 0 Å². The first kappa shape index (κ1) is 17.0. The topological polar surface area (TPSA) is 12.0 Å². The van der Waals surface area contributed by atoms with Crippen LogP contribution in [0, 0.1) is 5.92 Å². The van der Waals surface area contributed by atoms with Crippen LogP contribution < -0.4 is 5.32 Å². The van der Waals surface area contributed by atoms with Gasteiger partial charge in [0.25, 0.3) is 0 Å². The summed E-state index contributed by atoms with van der Waals surface area (Å²) in [7, 11) is 0. The Morgan fingerprint density at radius 1 is 1.21 bits per heavy atom. The minimum absolute atomic E-state index is 0.400. The van der Waals surface area contributed by atoms with E-state index in [4.69, 9.17) is 11.6 Å². The van der Waals surface area contributed by atoms with Crippen LogP contribution in [-0.4, -0.2) is 6.54 Å². The lowest BCUT2D eigenvalue weighted by atomic mass is 9.93. The Morgan fingerprint density at radius 3 is 2.53 bits per heavy atom. The van der Waals surface area contributed by atoms with Gasteiger partial charge in [0.2, 0.25) is 0 Å². The molecule has 1 aromatic rings. The normalized spacial score (nSPS) is 14.4. The maximum atomic E-state index is 6.17. The summed E-state index contributed by atoms with van der Waals surface area (Å²) in [6, 6.07) is 6.60. The Labute approximate surface area is 131 Å². The fourth-order valence-electron chi connectivity index (χ4n) is 2.45. The Balaban J connectivity index is 2.82. The molecular weight excluding hydrogens is 322 g/mol. The van der Waals surface area contributed by atoms with Gasteiger partial charge < -0.3 is 5.32 Å². The fraction of sp³-hybridized carbons (Fsp3) is 0.625. The molecule has 0 aliphatic rings. The Kier molecular flexibility index (Phi) is 8.05. The summed E-state index contributed by atoms with van der Waals surface area (Å²) in [5, 5.41) is 4.45. The number of rotatable bonds is 8. The van der Waals surface area contributed by atoms with Gasteiger partial charge in [0.15, 0.2) is 0 Å². The van der Waals surface area contributed by atoms with Gasteiger partial charge in [-0.1, -0.05) is 61.1 Å². The van der Waals surface area contributed by atoms with Crippen LogP contribution in [0.15, 0.2) is 22.7 Å². The highest BCUT2D eigenvalue weighted by atomic mass is 79.9. The minimum atomic E-state index is 0.400. The lowest BCUT2D eigenvalue weighted by molar-refractivity contribution is 0.390. The van der Waals surface area contributed by atoms with E-state index < -0.39 is 0 Å². The van der Waals surface area contributed by atoms with E-state index in [0.29, 0.717) is 6.04 Å². The van der Waals surface area contributed by atoms with E-state index in [-0.39, 0.29) is 0 Å². The molecule has 0 fully saturated rings. The zero-order chi connectivity index (χ0) is 14.3. The third-order valence-electron chi connectivity index (χ3n) is 3.35. The highest BCUT2D eigenvalue weighted by molar-refractivity contribution is 9.10. The summed E-state index contributed by atoms with van der Waals surface area (Å²) in [4.78, 5) is 0. The monoisotopic (exact) mass is 345 g/mol. The van der Waals surface area contributed by atoms with Crippen molar-refractivity contribution in [1.82, 2.24) is 5.32 Å². The number of halogens is 2. The van der Waals surface area contributed by atoms with Crippen molar-refractivity contribution in [2.24, 2.45) is 5.92 Å². The summed E-state index contributed by atoms with van der Waals surface area (Å²) in [5.41, 5.74) is 1.29. The van der Waals surface area contributed by atoms with E-state index in [1.165, 1.54) is 24.8 Å². The molecular formula is C16H25BrClN. The van der Waals surface area contributed by atoms with Crippen LogP contribution in [0.25, 0.3) is 0 Å². The molecule has 0 saturated carbocycles. The predicted octanol–water partition coefficient (Wildman–Crippen LogP) is 5.97. The molecule has 0 radical (unpaired) electrons. The molecule has 19 heavy (non-hydrogen) atoms. The van der Waals surface area contributed by atoms with E-state index in [0.717, 1.165) is 28.4 Å². The summed E-state index contributed by atoms with van der Waals surface area (Å²) >= 11 is 9.70. The third kappa shape index (κ3) is 6.29. The van der Waals surface area contributed by atoms with Crippen molar-refractivity contribution in [2.45, 2.75) is 52.5 Å². The zero-order valence-corrected chi connectivity index (χ0v) is 14.5. The lowest BCUT2D eigenvalue weighted by Crippen LogP contribution is -2.24. The number of hydrogen-bond donors (Lipinski definition) is 1. The van der Waals surface area contributed by atoms with Gasteiger partial charge in [0, 0.05) is 15.5 Å².